The highest BCUT2D eigenvalue weighted by Gasteiger charge is 2.32. The van der Waals surface area contributed by atoms with E-state index >= 15 is 0 Å². The average Bonchev–Trinajstić information content (AvgIpc) is 2.55. The smallest absolute Gasteiger partial charge is 0.341 e. The van der Waals surface area contributed by atoms with Gasteiger partial charge in [-0.25, -0.2) is 4.79 Å². The topological polar surface area (TPSA) is 43.8 Å². The number of para-hydroxylation sites is 1. The molecule has 2 aromatic rings. The van der Waals surface area contributed by atoms with Crippen LogP contribution in [0, 0.1) is 0 Å². The van der Waals surface area contributed by atoms with Crippen molar-refractivity contribution in [1.29, 1.82) is 0 Å². The van der Waals surface area contributed by atoms with Gasteiger partial charge in [0.2, 0.25) is 0 Å². The molecular formula is C18H20N2O2. The summed E-state index contributed by atoms with van der Waals surface area (Å²) in [5.41, 5.74) is 3.46. The standard InChI is InChI=1S/C18H20N2O2/c1-19(16-9-3-2-4-10-16)17(18(21)22)20-12-11-14-7-5-6-8-15(14)13-20/h2-10,17H,11-13H2,1H3,(H,21,22). The summed E-state index contributed by atoms with van der Waals surface area (Å²) in [5, 5.41) is 9.72. The third kappa shape index (κ3) is 2.83. The predicted octanol–water partition coefficient (Wildman–Crippen LogP) is 2.59. The zero-order valence-electron chi connectivity index (χ0n) is 12.6. The van der Waals surface area contributed by atoms with Crippen LogP contribution < -0.4 is 4.90 Å². The van der Waals surface area contributed by atoms with E-state index in [0.29, 0.717) is 6.54 Å². The molecule has 0 aromatic heterocycles. The molecule has 2 aromatic carbocycles. The molecule has 1 atom stereocenters. The lowest BCUT2D eigenvalue weighted by Gasteiger charge is -2.38. The Labute approximate surface area is 130 Å². The van der Waals surface area contributed by atoms with E-state index in [1.807, 2.05) is 59.3 Å². The van der Waals surface area contributed by atoms with Crippen LogP contribution in [0.5, 0.6) is 0 Å². The molecule has 1 aliphatic heterocycles. The van der Waals surface area contributed by atoms with Crippen LogP contribution in [0.25, 0.3) is 0 Å². The van der Waals surface area contributed by atoms with Gasteiger partial charge in [-0.05, 0) is 29.7 Å². The summed E-state index contributed by atoms with van der Waals surface area (Å²) in [5.74, 6) is -0.814. The van der Waals surface area contributed by atoms with Gasteiger partial charge in [0.1, 0.15) is 0 Å². The molecule has 0 saturated heterocycles. The van der Waals surface area contributed by atoms with E-state index in [1.54, 1.807) is 0 Å². The van der Waals surface area contributed by atoms with Crippen molar-refractivity contribution >= 4 is 11.7 Å². The Morgan fingerprint density at radius 2 is 1.73 bits per heavy atom. The van der Waals surface area contributed by atoms with Gasteiger partial charge in [0.25, 0.3) is 0 Å². The van der Waals surface area contributed by atoms with Crippen LogP contribution in [0.1, 0.15) is 11.1 Å². The molecule has 0 fully saturated rings. The first-order valence-electron chi connectivity index (χ1n) is 7.48. The lowest BCUT2D eigenvalue weighted by Crippen LogP contribution is -2.53. The fourth-order valence-corrected chi connectivity index (χ4v) is 3.10. The van der Waals surface area contributed by atoms with E-state index in [-0.39, 0.29) is 0 Å². The number of nitrogens with zero attached hydrogens (tertiary/aromatic N) is 2. The van der Waals surface area contributed by atoms with Crippen molar-refractivity contribution in [3.8, 4) is 0 Å². The van der Waals surface area contributed by atoms with Crippen molar-refractivity contribution < 1.29 is 9.90 Å². The van der Waals surface area contributed by atoms with Gasteiger partial charge in [0.15, 0.2) is 6.17 Å². The second-order valence-corrected chi connectivity index (χ2v) is 5.65. The molecule has 0 radical (unpaired) electrons. The van der Waals surface area contributed by atoms with Crippen LogP contribution in [0.4, 0.5) is 5.69 Å². The maximum absolute atomic E-state index is 11.8. The van der Waals surface area contributed by atoms with Gasteiger partial charge in [0.05, 0.1) is 0 Å². The van der Waals surface area contributed by atoms with Gasteiger partial charge in [0, 0.05) is 25.8 Å². The molecule has 114 valence electrons. The third-order valence-corrected chi connectivity index (χ3v) is 4.26. The van der Waals surface area contributed by atoms with Crippen LogP contribution >= 0.6 is 0 Å². The SMILES string of the molecule is CN(c1ccccc1)C(C(=O)O)N1CCc2ccccc2C1. The molecule has 1 heterocycles. The van der Waals surface area contributed by atoms with Crippen molar-refractivity contribution in [3.05, 3.63) is 65.7 Å². The second-order valence-electron chi connectivity index (χ2n) is 5.65. The lowest BCUT2D eigenvalue weighted by molar-refractivity contribution is -0.143. The fraction of sp³-hybridized carbons (Fsp3) is 0.278. The average molecular weight is 296 g/mol. The van der Waals surface area contributed by atoms with Crippen molar-refractivity contribution in [3.63, 3.8) is 0 Å². The van der Waals surface area contributed by atoms with E-state index in [2.05, 4.69) is 12.1 Å². The van der Waals surface area contributed by atoms with E-state index in [9.17, 15) is 9.90 Å². The first kappa shape index (κ1) is 14.6. The summed E-state index contributed by atoms with van der Waals surface area (Å²) in [6.07, 6.45) is 0.235. The van der Waals surface area contributed by atoms with E-state index in [4.69, 9.17) is 0 Å². The molecule has 0 amide bonds. The van der Waals surface area contributed by atoms with Crippen molar-refractivity contribution in [2.24, 2.45) is 0 Å². The lowest BCUT2D eigenvalue weighted by atomic mass is 9.99. The molecule has 4 heteroatoms. The number of fused-ring (bicyclic) bond motifs is 1. The van der Waals surface area contributed by atoms with Crippen molar-refractivity contribution in [2.45, 2.75) is 19.1 Å². The molecule has 0 aliphatic carbocycles. The van der Waals surface area contributed by atoms with Gasteiger partial charge < -0.3 is 10.0 Å². The van der Waals surface area contributed by atoms with Crippen LogP contribution in [-0.2, 0) is 17.8 Å². The highest BCUT2D eigenvalue weighted by Crippen LogP contribution is 2.24. The number of aliphatic carboxylic acids is 1. The minimum absolute atomic E-state index is 0.657. The number of carboxylic acids is 1. The molecular weight excluding hydrogens is 276 g/mol. The highest BCUT2D eigenvalue weighted by molar-refractivity contribution is 5.77. The summed E-state index contributed by atoms with van der Waals surface area (Å²) in [4.78, 5) is 15.7. The van der Waals surface area contributed by atoms with Gasteiger partial charge in [-0.1, -0.05) is 42.5 Å². The number of carbonyl (C=O) groups is 1. The summed E-state index contributed by atoms with van der Waals surface area (Å²) in [7, 11) is 1.84. The Bertz CT molecular complexity index is 657. The summed E-state index contributed by atoms with van der Waals surface area (Å²) in [6, 6.07) is 17.9. The molecule has 1 aliphatic rings. The van der Waals surface area contributed by atoms with Crippen molar-refractivity contribution in [2.75, 3.05) is 18.5 Å². The highest BCUT2D eigenvalue weighted by atomic mass is 16.4. The number of benzene rings is 2. The van der Waals surface area contributed by atoms with E-state index in [1.165, 1.54) is 11.1 Å². The maximum atomic E-state index is 11.8. The monoisotopic (exact) mass is 296 g/mol. The fourth-order valence-electron chi connectivity index (χ4n) is 3.10. The number of likely N-dealkylation sites (N-methyl/N-ethyl adjacent to an activating group) is 1. The Kier molecular flexibility index (Phi) is 4.11. The summed E-state index contributed by atoms with van der Waals surface area (Å²) >= 11 is 0. The molecule has 0 spiro atoms. The predicted molar refractivity (Wildman–Crippen MR) is 86.8 cm³/mol. The Hall–Kier alpha value is -2.33. The number of hydrogen-bond acceptors (Lipinski definition) is 3. The van der Waals surface area contributed by atoms with Crippen LogP contribution in [0.3, 0.4) is 0 Å². The molecule has 22 heavy (non-hydrogen) atoms. The molecule has 1 N–H and O–H groups in total. The number of anilines is 1. The van der Waals surface area contributed by atoms with Gasteiger partial charge in [-0.3, -0.25) is 4.90 Å². The Morgan fingerprint density at radius 1 is 1.09 bits per heavy atom. The summed E-state index contributed by atoms with van der Waals surface area (Å²) < 4.78 is 0. The maximum Gasteiger partial charge on any atom is 0.341 e. The zero-order chi connectivity index (χ0) is 15.5. The van der Waals surface area contributed by atoms with Gasteiger partial charge in [-0.15, -0.1) is 0 Å². The van der Waals surface area contributed by atoms with E-state index < -0.39 is 12.1 Å². The number of rotatable bonds is 4. The summed E-state index contributed by atoms with van der Waals surface area (Å²) in [6.45, 7) is 1.43. The van der Waals surface area contributed by atoms with Crippen LogP contribution in [0.2, 0.25) is 0 Å². The zero-order valence-corrected chi connectivity index (χ0v) is 12.6. The molecule has 3 rings (SSSR count). The van der Waals surface area contributed by atoms with Crippen LogP contribution in [-0.4, -0.2) is 35.7 Å². The first-order valence-corrected chi connectivity index (χ1v) is 7.48. The minimum atomic E-state index is -0.814. The van der Waals surface area contributed by atoms with Crippen molar-refractivity contribution in [1.82, 2.24) is 4.90 Å². The molecule has 0 saturated carbocycles. The normalized spacial score (nSPS) is 15.9. The number of carboxylic acid groups (broad SMARTS) is 1. The van der Waals surface area contributed by atoms with Gasteiger partial charge >= 0.3 is 5.97 Å². The van der Waals surface area contributed by atoms with E-state index in [0.717, 1.165) is 18.7 Å². The first-order chi connectivity index (χ1) is 10.7. The Balaban J connectivity index is 1.85. The largest absolute Gasteiger partial charge is 0.479 e. The van der Waals surface area contributed by atoms with Crippen LogP contribution in [0.15, 0.2) is 54.6 Å². The Morgan fingerprint density at radius 3 is 2.41 bits per heavy atom. The molecule has 1 unspecified atom stereocenters. The molecule has 0 bridgehead atoms. The quantitative estimate of drug-likeness (QED) is 0.942. The molecule has 4 nitrogen and oxygen atoms in total. The number of hydrogen-bond donors (Lipinski definition) is 1. The van der Waals surface area contributed by atoms with Gasteiger partial charge in [-0.2, -0.15) is 0 Å². The second kappa shape index (κ2) is 6.20. The third-order valence-electron chi connectivity index (χ3n) is 4.26. The minimum Gasteiger partial charge on any atom is -0.479 e.